The van der Waals surface area contributed by atoms with Gasteiger partial charge in [-0.25, -0.2) is 14.6 Å². The number of hydrogen-bond acceptors (Lipinski definition) is 5. The molecular formula is C18H18N6OS. The molecule has 0 saturated heterocycles. The summed E-state index contributed by atoms with van der Waals surface area (Å²) < 4.78 is 3.60. The number of hydrogen-bond donors (Lipinski definition) is 1. The Labute approximate surface area is 154 Å². The zero-order valence-corrected chi connectivity index (χ0v) is 15.5. The fraction of sp³-hybridized carbons (Fsp3) is 0.222. The molecule has 1 amide bonds. The molecule has 4 aromatic rings. The maximum atomic E-state index is 12.8. The summed E-state index contributed by atoms with van der Waals surface area (Å²) in [4.78, 5) is 22.4. The van der Waals surface area contributed by atoms with Crippen LogP contribution in [0.2, 0.25) is 0 Å². The first-order chi connectivity index (χ1) is 12.6. The molecule has 0 radical (unpaired) electrons. The lowest BCUT2D eigenvalue weighted by Crippen LogP contribution is -2.28. The molecule has 8 heteroatoms. The number of rotatable bonds is 4. The van der Waals surface area contributed by atoms with Gasteiger partial charge in [-0.2, -0.15) is 5.10 Å². The Morgan fingerprint density at radius 1 is 1.31 bits per heavy atom. The van der Waals surface area contributed by atoms with Crippen molar-refractivity contribution in [2.45, 2.75) is 26.8 Å². The Bertz CT molecular complexity index is 1080. The average molecular weight is 366 g/mol. The second-order valence-corrected chi connectivity index (χ2v) is 6.95. The van der Waals surface area contributed by atoms with Crippen molar-refractivity contribution in [3.63, 3.8) is 0 Å². The lowest BCUT2D eigenvalue weighted by molar-refractivity contribution is 0.0933. The van der Waals surface area contributed by atoms with E-state index in [0.29, 0.717) is 5.69 Å². The second kappa shape index (κ2) is 6.38. The first-order valence-corrected chi connectivity index (χ1v) is 9.13. The van der Waals surface area contributed by atoms with Crippen LogP contribution in [-0.2, 0) is 0 Å². The number of fused-ring (bicyclic) bond motifs is 1. The number of nitrogens with one attached hydrogen (secondary N) is 1. The highest BCUT2D eigenvalue weighted by molar-refractivity contribution is 7.15. The molecule has 4 rings (SSSR count). The van der Waals surface area contributed by atoms with E-state index in [2.05, 4.69) is 20.4 Å². The Hall–Kier alpha value is -3.00. The van der Waals surface area contributed by atoms with Crippen LogP contribution in [0.5, 0.6) is 0 Å². The van der Waals surface area contributed by atoms with Gasteiger partial charge in [-0.3, -0.25) is 9.20 Å². The van der Waals surface area contributed by atoms with Crippen LogP contribution in [0.3, 0.4) is 0 Å². The number of carbonyl (C=O) groups excluding carboxylic acids is 1. The number of amides is 1. The van der Waals surface area contributed by atoms with E-state index in [0.717, 1.165) is 27.7 Å². The molecule has 0 aliphatic heterocycles. The third-order valence-corrected chi connectivity index (χ3v) is 5.14. The van der Waals surface area contributed by atoms with Crippen molar-refractivity contribution in [1.29, 1.82) is 0 Å². The number of aromatic nitrogens is 5. The van der Waals surface area contributed by atoms with Crippen LogP contribution in [0.1, 0.15) is 40.4 Å². The molecule has 1 atom stereocenters. The summed E-state index contributed by atoms with van der Waals surface area (Å²) in [6.07, 6.45) is 5.37. The van der Waals surface area contributed by atoms with Gasteiger partial charge in [0.05, 0.1) is 17.9 Å². The molecule has 0 aliphatic rings. The topological polar surface area (TPSA) is 77.1 Å². The van der Waals surface area contributed by atoms with Gasteiger partial charge in [0.2, 0.25) is 0 Å². The molecule has 1 unspecified atom stereocenters. The van der Waals surface area contributed by atoms with Gasteiger partial charge in [0.1, 0.15) is 5.69 Å². The summed E-state index contributed by atoms with van der Waals surface area (Å²) in [6, 6.07) is 5.49. The van der Waals surface area contributed by atoms with Gasteiger partial charge in [0.25, 0.3) is 5.91 Å². The molecule has 26 heavy (non-hydrogen) atoms. The highest BCUT2D eigenvalue weighted by Crippen LogP contribution is 2.21. The third kappa shape index (κ3) is 2.68. The number of nitrogens with zero attached hydrogens (tertiary/aromatic N) is 5. The molecule has 7 nitrogen and oxygen atoms in total. The van der Waals surface area contributed by atoms with E-state index in [1.165, 1.54) is 11.3 Å². The molecule has 0 aliphatic carbocycles. The number of carbonyl (C=O) groups is 1. The Kier molecular flexibility index (Phi) is 4.04. The van der Waals surface area contributed by atoms with Crippen molar-refractivity contribution in [2.24, 2.45) is 0 Å². The van der Waals surface area contributed by atoms with Crippen molar-refractivity contribution >= 4 is 22.2 Å². The van der Waals surface area contributed by atoms with Gasteiger partial charge in [-0.1, -0.05) is 6.07 Å². The first-order valence-electron chi connectivity index (χ1n) is 8.25. The second-order valence-electron chi connectivity index (χ2n) is 6.08. The summed E-state index contributed by atoms with van der Waals surface area (Å²) in [5.74, 6) is 0.604. The first kappa shape index (κ1) is 16.5. The molecule has 132 valence electrons. The molecule has 4 aromatic heterocycles. The number of aryl methyl sites for hydroxylation is 1. The predicted octanol–water partition coefficient (Wildman–Crippen LogP) is 3.08. The van der Waals surface area contributed by atoms with Crippen molar-refractivity contribution in [1.82, 2.24) is 29.5 Å². The molecule has 0 aromatic carbocycles. The number of imidazole rings is 1. The van der Waals surface area contributed by atoms with E-state index < -0.39 is 0 Å². The SMILES string of the molecule is Cc1nc2sccn2c1C(=O)NC(C)c1cnn(-c2ccccn2)c1C. The fourth-order valence-electron chi connectivity index (χ4n) is 3.07. The zero-order chi connectivity index (χ0) is 18.3. The molecule has 0 saturated carbocycles. The van der Waals surface area contributed by atoms with Crippen LogP contribution >= 0.6 is 11.3 Å². The normalized spacial score (nSPS) is 12.4. The Morgan fingerprint density at radius 3 is 2.92 bits per heavy atom. The van der Waals surface area contributed by atoms with E-state index in [1.54, 1.807) is 17.1 Å². The van der Waals surface area contributed by atoms with Crippen LogP contribution in [0, 0.1) is 13.8 Å². The maximum absolute atomic E-state index is 12.8. The summed E-state index contributed by atoms with van der Waals surface area (Å²) in [5.41, 5.74) is 3.19. The Balaban J connectivity index is 1.60. The largest absolute Gasteiger partial charge is 0.344 e. The molecule has 0 bridgehead atoms. The molecule has 1 N–H and O–H groups in total. The Morgan fingerprint density at radius 2 is 2.15 bits per heavy atom. The van der Waals surface area contributed by atoms with E-state index >= 15 is 0 Å². The lowest BCUT2D eigenvalue weighted by atomic mass is 10.1. The summed E-state index contributed by atoms with van der Waals surface area (Å²) in [5, 5.41) is 9.40. The predicted molar refractivity (Wildman–Crippen MR) is 99.8 cm³/mol. The minimum absolute atomic E-state index is 0.147. The average Bonchev–Trinajstić information content (AvgIpc) is 3.29. The van der Waals surface area contributed by atoms with Crippen molar-refractivity contribution < 1.29 is 4.79 Å². The highest BCUT2D eigenvalue weighted by atomic mass is 32.1. The van der Waals surface area contributed by atoms with Crippen LogP contribution in [0.4, 0.5) is 0 Å². The van der Waals surface area contributed by atoms with Gasteiger partial charge in [-0.15, -0.1) is 11.3 Å². The number of pyridine rings is 1. The van der Waals surface area contributed by atoms with Crippen molar-refractivity contribution in [3.05, 3.63) is 64.8 Å². The lowest BCUT2D eigenvalue weighted by Gasteiger charge is -2.14. The standard InChI is InChI=1S/C18H18N6OS/c1-11(14-10-20-24(13(14)3)15-6-4-5-7-19-15)21-17(25)16-12(2)22-18-23(16)8-9-26-18/h4-11H,1-3H3,(H,21,25). The van der Waals surface area contributed by atoms with Crippen LogP contribution in [0.15, 0.2) is 42.2 Å². The monoisotopic (exact) mass is 366 g/mol. The van der Waals surface area contributed by atoms with Gasteiger partial charge in [0, 0.05) is 29.0 Å². The highest BCUT2D eigenvalue weighted by Gasteiger charge is 2.21. The third-order valence-electron chi connectivity index (χ3n) is 4.38. The molecule has 4 heterocycles. The maximum Gasteiger partial charge on any atom is 0.270 e. The minimum Gasteiger partial charge on any atom is -0.344 e. The van der Waals surface area contributed by atoms with Gasteiger partial charge < -0.3 is 5.32 Å². The molecule has 0 spiro atoms. The molecular weight excluding hydrogens is 348 g/mol. The van der Waals surface area contributed by atoms with Gasteiger partial charge in [0.15, 0.2) is 10.8 Å². The smallest absolute Gasteiger partial charge is 0.270 e. The van der Waals surface area contributed by atoms with Crippen LogP contribution in [-0.4, -0.2) is 30.1 Å². The fourth-order valence-corrected chi connectivity index (χ4v) is 3.83. The number of thiazole rings is 1. The van der Waals surface area contributed by atoms with Crippen LogP contribution in [0.25, 0.3) is 10.8 Å². The summed E-state index contributed by atoms with van der Waals surface area (Å²) in [6.45, 7) is 5.77. The van der Waals surface area contributed by atoms with Crippen molar-refractivity contribution in [3.8, 4) is 5.82 Å². The molecule has 0 fully saturated rings. The van der Waals surface area contributed by atoms with Gasteiger partial charge in [-0.05, 0) is 32.9 Å². The zero-order valence-electron chi connectivity index (χ0n) is 14.7. The summed E-state index contributed by atoms with van der Waals surface area (Å²) in [7, 11) is 0. The quantitative estimate of drug-likeness (QED) is 0.602. The summed E-state index contributed by atoms with van der Waals surface area (Å²) >= 11 is 1.51. The van der Waals surface area contributed by atoms with Gasteiger partial charge >= 0.3 is 0 Å². The minimum atomic E-state index is -0.191. The van der Waals surface area contributed by atoms with E-state index in [-0.39, 0.29) is 11.9 Å². The van der Waals surface area contributed by atoms with Crippen LogP contribution < -0.4 is 5.32 Å². The van der Waals surface area contributed by atoms with E-state index in [1.807, 2.05) is 54.9 Å². The van der Waals surface area contributed by atoms with E-state index in [9.17, 15) is 4.79 Å². The van der Waals surface area contributed by atoms with Crippen molar-refractivity contribution in [2.75, 3.05) is 0 Å². The van der Waals surface area contributed by atoms with E-state index in [4.69, 9.17) is 0 Å².